The maximum atomic E-state index is 8.51. The molecule has 7 saturated carbocycles. The molecule has 14 rings (SSSR count). The molecule has 12 nitrogen and oxygen atoms in total. The Labute approximate surface area is 373 Å². The summed E-state index contributed by atoms with van der Waals surface area (Å²) in [5, 5.41) is 0. The molecule has 0 aromatic heterocycles. The normalized spacial score (nSPS) is 50.6. The standard InChI is InChI=1S/C41H72O12Si8/c1-2-18-34(19-3-1)54-42-55(35-20-4-5-21-35)45-58(38-26-10-11-27-38)47-56(43-54,36-22-6-7-23-36)49-60(40-30-14-15-31-40)50-57(44-54,37-24-8-9-25-37)48-59(46-55,39-28-12-13-29-39)52-61(51-58,53-60)41-32-16-17-33-41/h1-2,34-41H,3-33H2/t34-,54?,55?,56?,57?,58?,59?,60?,61?/m1/s1. The minimum absolute atomic E-state index is 0.00136. The minimum atomic E-state index is -3.94. The monoisotopic (exact) mass is 980 g/mol. The van der Waals surface area contributed by atoms with Crippen LogP contribution in [0.15, 0.2) is 12.2 Å². The molecular formula is C41H72O12Si8. The first-order valence-electron chi connectivity index (χ1n) is 25.9. The summed E-state index contributed by atoms with van der Waals surface area (Å²) in [7, 11) is -31.1. The maximum Gasteiger partial charge on any atom is 0.482 e. The summed E-state index contributed by atoms with van der Waals surface area (Å²) in [6, 6.07) is 0. The van der Waals surface area contributed by atoms with Crippen LogP contribution in [0.3, 0.4) is 0 Å². The van der Waals surface area contributed by atoms with Crippen LogP contribution in [0.25, 0.3) is 0 Å². The van der Waals surface area contributed by atoms with Crippen molar-refractivity contribution < 1.29 is 49.4 Å². The highest BCUT2D eigenvalue weighted by atomic mass is 28.6. The molecule has 0 amide bonds. The second-order valence-corrected chi connectivity index (χ2v) is 47.9. The van der Waals surface area contributed by atoms with Gasteiger partial charge in [0.05, 0.1) is 0 Å². The van der Waals surface area contributed by atoms with Gasteiger partial charge in [0, 0.05) is 44.3 Å². The van der Waals surface area contributed by atoms with E-state index in [-0.39, 0.29) is 44.3 Å². The van der Waals surface area contributed by atoms with Gasteiger partial charge in [0.2, 0.25) is 0 Å². The lowest BCUT2D eigenvalue weighted by Gasteiger charge is -2.67. The van der Waals surface area contributed by atoms with Gasteiger partial charge in [0.25, 0.3) is 0 Å². The molecule has 6 heterocycles. The van der Waals surface area contributed by atoms with Crippen molar-refractivity contribution in [1.29, 1.82) is 0 Å². The molecule has 13 fully saturated rings. The number of rotatable bonds is 8. The summed E-state index contributed by atoms with van der Waals surface area (Å²) >= 11 is 0. The smallest absolute Gasteiger partial charge is 0.373 e. The van der Waals surface area contributed by atoms with Crippen molar-refractivity contribution in [3.05, 3.63) is 12.2 Å². The van der Waals surface area contributed by atoms with Crippen LogP contribution in [0, 0.1) is 0 Å². The fraction of sp³-hybridized carbons (Fsp3) is 0.951. The number of hydrogen-bond acceptors (Lipinski definition) is 12. The van der Waals surface area contributed by atoms with Gasteiger partial charge in [-0.05, 0) is 109 Å². The van der Waals surface area contributed by atoms with E-state index in [1.807, 2.05) is 0 Å². The topological polar surface area (TPSA) is 111 Å². The summed E-state index contributed by atoms with van der Waals surface area (Å²) < 4.78 is 102. The predicted octanol–water partition coefficient (Wildman–Crippen LogP) is 11.5. The lowest BCUT2D eigenvalue weighted by Crippen LogP contribution is -2.91. The molecule has 0 N–H and O–H groups in total. The molecule has 0 unspecified atom stereocenters. The van der Waals surface area contributed by atoms with Crippen LogP contribution in [0.4, 0.5) is 0 Å². The Morgan fingerprint density at radius 1 is 0.213 bits per heavy atom. The van der Waals surface area contributed by atoms with Crippen LogP contribution in [-0.4, -0.2) is 70.4 Å². The SMILES string of the molecule is C1=CC[C@@H]([Si]23O[Si]4(C5CCCC5)O[Si]5(C6CCCC6)O[Si]6(C7CCCC7)O[Si](C7CCCC7)(O4)O[Si](C4CCCC4)(O[Si](C4CCCC4)(O6)O[Si](C4CCCC4)(O5)O2)O3)CC1. The Balaban J connectivity index is 1.14. The highest BCUT2D eigenvalue weighted by Gasteiger charge is 2.88. The van der Waals surface area contributed by atoms with Gasteiger partial charge in [0.15, 0.2) is 0 Å². The number of allylic oxidation sites excluding steroid dienone is 2. The fourth-order valence-electron chi connectivity index (χ4n) is 14.9. The van der Waals surface area contributed by atoms with Crippen LogP contribution in [0.1, 0.15) is 199 Å². The van der Waals surface area contributed by atoms with Crippen LogP contribution in [0.5, 0.6) is 0 Å². The van der Waals surface area contributed by atoms with Crippen LogP contribution in [0.2, 0.25) is 44.3 Å². The molecule has 0 radical (unpaired) electrons. The van der Waals surface area contributed by atoms with Crippen molar-refractivity contribution in [1.82, 2.24) is 0 Å². The molecule has 61 heavy (non-hydrogen) atoms. The van der Waals surface area contributed by atoms with Gasteiger partial charge in [0.1, 0.15) is 0 Å². The van der Waals surface area contributed by atoms with Crippen molar-refractivity contribution in [3.63, 3.8) is 0 Å². The molecular weight excluding hydrogens is 909 g/mol. The van der Waals surface area contributed by atoms with Crippen molar-refractivity contribution in [3.8, 4) is 0 Å². The largest absolute Gasteiger partial charge is 0.482 e. The quantitative estimate of drug-likeness (QED) is 0.171. The Hall–Kier alpha value is 0.995. The summed E-state index contributed by atoms with van der Waals surface area (Å²) in [4.78, 5) is 0. The third kappa shape index (κ3) is 6.70. The zero-order valence-electron chi connectivity index (χ0n) is 36.6. The van der Waals surface area contributed by atoms with Crippen molar-refractivity contribution in [2.75, 3.05) is 0 Å². The summed E-state index contributed by atoms with van der Waals surface area (Å²) in [5.41, 5.74) is 0.582. The van der Waals surface area contributed by atoms with Crippen molar-refractivity contribution in [2.45, 2.75) is 243 Å². The molecule has 6 aliphatic heterocycles. The molecule has 0 aromatic carbocycles. The molecule has 6 saturated heterocycles. The van der Waals surface area contributed by atoms with E-state index in [1.165, 1.54) is 0 Å². The third-order valence-electron chi connectivity index (χ3n) is 18.2. The molecule has 20 heteroatoms. The van der Waals surface area contributed by atoms with Crippen molar-refractivity contribution in [2.24, 2.45) is 0 Å². The Morgan fingerprint density at radius 2 is 0.393 bits per heavy atom. The summed E-state index contributed by atoms with van der Waals surface area (Å²) in [6.45, 7) is 0. The molecule has 14 aliphatic rings. The fourth-order valence-corrected chi connectivity index (χ4v) is 71.7. The lowest BCUT2D eigenvalue weighted by molar-refractivity contribution is -0.0481. The zero-order chi connectivity index (χ0) is 40.4. The zero-order valence-corrected chi connectivity index (χ0v) is 44.6. The highest BCUT2D eigenvalue weighted by Crippen LogP contribution is 2.67. The lowest BCUT2D eigenvalue weighted by atomic mass is 10.1. The Bertz CT molecular complexity index is 1500. The van der Waals surface area contributed by atoms with Gasteiger partial charge in [-0.2, -0.15) is 0 Å². The molecule has 0 aromatic rings. The Kier molecular flexibility index (Phi) is 10.9. The second kappa shape index (κ2) is 15.8. The Morgan fingerprint density at radius 3 is 0.557 bits per heavy atom. The van der Waals surface area contributed by atoms with Gasteiger partial charge >= 0.3 is 70.4 Å². The van der Waals surface area contributed by atoms with E-state index in [2.05, 4.69) is 12.2 Å². The first-order chi connectivity index (χ1) is 29.8. The average Bonchev–Trinajstić information content (AvgIpc) is 4.09. The van der Waals surface area contributed by atoms with E-state index < -0.39 is 70.4 Å². The molecule has 8 aliphatic carbocycles. The van der Waals surface area contributed by atoms with E-state index in [1.54, 1.807) is 0 Å². The molecule has 340 valence electrons. The minimum Gasteiger partial charge on any atom is -0.373 e. The van der Waals surface area contributed by atoms with Crippen LogP contribution < -0.4 is 0 Å². The van der Waals surface area contributed by atoms with Gasteiger partial charge < -0.3 is 49.4 Å². The molecule has 0 spiro atoms. The molecule has 1 atom stereocenters. The first-order valence-corrected chi connectivity index (χ1v) is 40.3. The number of hydrogen-bond donors (Lipinski definition) is 0. The third-order valence-corrected chi connectivity index (χ3v) is 58.0. The van der Waals surface area contributed by atoms with Gasteiger partial charge in [-0.3, -0.25) is 0 Å². The van der Waals surface area contributed by atoms with Gasteiger partial charge in [-0.15, -0.1) is 0 Å². The second-order valence-electron chi connectivity index (χ2n) is 21.9. The van der Waals surface area contributed by atoms with E-state index in [0.717, 1.165) is 199 Å². The summed E-state index contributed by atoms with van der Waals surface area (Å²) in [6.07, 6.45) is 37.2. The van der Waals surface area contributed by atoms with Crippen LogP contribution in [-0.2, 0) is 49.4 Å². The summed E-state index contributed by atoms with van der Waals surface area (Å²) in [5.74, 6) is 0. The van der Waals surface area contributed by atoms with E-state index in [0.29, 0.717) is 0 Å². The average molecular weight is 982 g/mol. The first kappa shape index (κ1) is 42.1. The highest BCUT2D eigenvalue weighted by molar-refractivity contribution is 7.04. The van der Waals surface area contributed by atoms with Crippen LogP contribution >= 0.6 is 0 Å². The molecule has 8 bridgehead atoms. The predicted molar refractivity (Wildman–Crippen MR) is 241 cm³/mol. The van der Waals surface area contributed by atoms with Gasteiger partial charge in [-0.1, -0.05) is 102 Å². The van der Waals surface area contributed by atoms with E-state index in [9.17, 15) is 0 Å². The van der Waals surface area contributed by atoms with E-state index >= 15 is 0 Å². The van der Waals surface area contributed by atoms with Gasteiger partial charge in [-0.25, -0.2) is 0 Å². The van der Waals surface area contributed by atoms with E-state index in [4.69, 9.17) is 49.4 Å². The van der Waals surface area contributed by atoms with Crippen molar-refractivity contribution >= 4 is 70.4 Å². The maximum absolute atomic E-state index is 8.51.